The summed E-state index contributed by atoms with van der Waals surface area (Å²) in [4.78, 5) is 4.44. The fraction of sp³-hybridized carbons (Fsp3) is 0.478. The second-order valence-electron chi connectivity index (χ2n) is 6.87. The first-order valence-corrected chi connectivity index (χ1v) is 8.52. The Morgan fingerprint density at radius 2 is 1.73 bits per heavy atom. The van der Waals surface area contributed by atoms with Crippen LogP contribution in [-0.2, 0) is 32.3 Å². The van der Waals surface area contributed by atoms with Crippen molar-refractivity contribution < 1.29 is 25.8 Å². The molecule has 0 spiro atoms. The van der Waals surface area contributed by atoms with Crippen LogP contribution in [0.5, 0.6) is 0 Å². The fourth-order valence-electron chi connectivity index (χ4n) is 3.03. The van der Waals surface area contributed by atoms with Gasteiger partial charge in [-0.2, -0.15) is 0 Å². The van der Waals surface area contributed by atoms with E-state index < -0.39 is 0 Å². The maximum Gasteiger partial charge on any atom is 4.00 e. The molecule has 1 aliphatic carbocycles. The maximum atomic E-state index is 5.07. The molecule has 0 radical (unpaired) electrons. The van der Waals surface area contributed by atoms with Crippen molar-refractivity contribution >= 4 is 11.4 Å². The van der Waals surface area contributed by atoms with Gasteiger partial charge in [0.15, 0.2) is 0 Å². The summed E-state index contributed by atoms with van der Waals surface area (Å²) in [5.41, 5.74) is 6.14. The molecule has 1 aromatic carbocycles. The average Bonchev–Trinajstić information content (AvgIpc) is 2.48. The van der Waals surface area contributed by atoms with Crippen LogP contribution in [-0.4, -0.2) is 12.8 Å². The van der Waals surface area contributed by atoms with Crippen LogP contribution in [0.2, 0.25) is 0 Å². The predicted molar refractivity (Wildman–Crippen MR) is 117 cm³/mol. The van der Waals surface area contributed by atoms with Crippen LogP contribution in [0, 0.1) is 28.2 Å². The molecule has 0 bridgehead atoms. The molecule has 1 aromatic rings. The van der Waals surface area contributed by atoms with Gasteiger partial charge in [-0.1, -0.05) is 63.1 Å². The largest absolute Gasteiger partial charge is 4.00 e. The Balaban J connectivity index is -0.00000132. The molecule has 0 aliphatic heterocycles. The Labute approximate surface area is 182 Å². The monoisotopic (exact) mass is 522 g/mol. The molecule has 0 saturated heterocycles. The Bertz CT molecular complexity index is 572. The minimum absolute atomic E-state index is 0. The van der Waals surface area contributed by atoms with Gasteiger partial charge >= 0.3 is 25.8 Å². The Kier molecular flexibility index (Phi) is 16.6. The van der Waals surface area contributed by atoms with E-state index in [2.05, 4.69) is 57.0 Å². The van der Waals surface area contributed by atoms with E-state index in [0.717, 1.165) is 30.7 Å². The topological polar surface area (TPSA) is 26.5 Å². The molecule has 144 valence electrons. The number of hydrogen-bond acceptors (Lipinski definition) is 1. The zero-order valence-electron chi connectivity index (χ0n) is 18.2. The van der Waals surface area contributed by atoms with E-state index in [1.54, 1.807) is 0 Å². The van der Waals surface area contributed by atoms with E-state index in [4.69, 9.17) is 5.32 Å². The van der Waals surface area contributed by atoms with Gasteiger partial charge in [-0.05, 0) is 37.5 Å². The number of para-hydroxylation sites is 1. The number of allylic oxidation sites excluding steroid dienone is 2. The van der Waals surface area contributed by atoms with Gasteiger partial charge in [0.1, 0.15) is 0 Å². The molecule has 1 aliphatic rings. The molecular formula is C23H38HfN2. The number of aliphatic imine (C=N–C) groups is 1. The molecule has 0 unspecified atom stereocenters. The van der Waals surface area contributed by atoms with Gasteiger partial charge in [-0.15, -0.1) is 11.4 Å². The van der Waals surface area contributed by atoms with Gasteiger partial charge in [0.05, 0.1) is 0 Å². The quantitative estimate of drug-likeness (QED) is 0.284. The molecule has 0 aromatic heterocycles. The van der Waals surface area contributed by atoms with Crippen molar-refractivity contribution in [2.24, 2.45) is 10.9 Å². The molecule has 0 amide bonds. The Hall–Kier alpha value is -0.700. The van der Waals surface area contributed by atoms with Crippen LogP contribution in [0.1, 0.15) is 64.0 Å². The van der Waals surface area contributed by atoms with E-state index in [1.165, 1.54) is 23.2 Å². The molecule has 2 rings (SSSR count). The Morgan fingerprint density at radius 3 is 2.27 bits per heavy atom. The minimum Gasteiger partial charge on any atom is -0.656 e. The zero-order valence-corrected chi connectivity index (χ0v) is 21.8. The summed E-state index contributed by atoms with van der Waals surface area (Å²) in [6.07, 6.45) is 6.68. The molecule has 0 N–H and O–H groups in total. The minimum atomic E-state index is 0. The summed E-state index contributed by atoms with van der Waals surface area (Å²) in [5, 5.41) is 5.07. The normalized spacial score (nSPS) is 14.6. The van der Waals surface area contributed by atoms with Gasteiger partial charge in [-0.3, -0.25) is 4.99 Å². The van der Waals surface area contributed by atoms with Crippen LogP contribution in [0.15, 0.2) is 35.0 Å². The van der Waals surface area contributed by atoms with Crippen molar-refractivity contribution in [2.75, 3.05) is 7.05 Å². The van der Waals surface area contributed by atoms with Gasteiger partial charge in [-0.25, -0.2) is 0 Å². The third kappa shape index (κ3) is 7.90. The molecule has 2 nitrogen and oxygen atoms in total. The first kappa shape index (κ1) is 30.0. The summed E-state index contributed by atoms with van der Waals surface area (Å²) in [6.45, 7) is 9.03. The predicted octanol–water partition coefficient (Wildman–Crippen LogP) is 7.50. The second-order valence-corrected chi connectivity index (χ2v) is 6.87. The van der Waals surface area contributed by atoms with Gasteiger partial charge in [0.25, 0.3) is 0 Å². The van der Waals surface area contributed by atoms with Crippen LogP contribution in [0.4, 0.5) is 5.69 Å². The summed E-state index contributed by atoms with van der Waals surface area (Å²) < 4.78 is 0. The van der Waals surface area contributed by atoms with Gasteiger partial charge < -0.3 is 27.6 Å². The standard InChI is InChI=1S/C20H29N2.3CH3.Hf/c1-14(2)13-16-9-8-10-17(15(3)4)20(16)22-19-12-7-6-11-18(19)21-5;;;;/h8-10,12,14-15H,6-7,11,13H2,1-5H3;3*1H3;/q4*-1;+4. The first-order valence-electron chi connectivity index (χ1n) is 8.52. The van der Waals surface area contributed by atoms with Crippen molar-refractivity contribution in [3.05, 3.63) is 68.7 Å². The molecule has 26 heavy (non-hydrogen) atoms. The van der Waals surface area contributed by atoms with Gasteiger partial charge in [0.2, 0.25) is 0 Å². The van der Waals surface area contributed by atoms with E-state index in [1.807, 2.05) is 7.05 Å². The molecule has 3 heteroatoms. The van der Waals surface area contributed by atoms with Crippen molar-refractivity contribution in [1.29, 1.82) is 0 Å². The van der Waals surface area contributed by atoms with E-state index >= 15 is 0 Å². The maximum absolute atomic E-state index is 5.07. The third-order valence-corrected chi connectivity index (χ3v) is 4.15. The fourth-order valence-corrected chi connectivity index (χ4v) is 3.03. The molecule has 0 fully saturated rings. The summed E-state index contributed by atoms with van der Waals surface area (Å²) in [5.74, 6) is 1.12. The van der Waals surface area contributed by atoms with Crippen LogP contribution in [0.25, 0.3) is 5.32 Å². The summed E-state index contributed by atoms with van der Waals surface area (Å²) in [6, 6.07) is 6.63. The van der Waals surface area contributed by atoms with Crippen molar-refractivity contribution in [3.8, 4) is 0 Å². The van der Waals surface area contributed by atoms with Crippen molar-refractivity contribution in [3.63, 3.8) is 0 Å². The molecule has 0 heterocycles. The molecule has 0 saturated carbocycles. The second kappa shape index (κ2) is 14.4. The smallest absolute Gasteiger partial charge is 0.656 e. The van der Waals surface area contributed by atoms with E-state index in [0.29, 0.717) is 11.8 Å². The average molecular weight is 521 g/mol. The molecule has 0 atom stereocenters. The van der Waals surface area contributed by atoms with Crippen LogP contribution < -0.4 is 0 Å². The Morgan fingerprint density at radius 1 is 1.08 bits per heavy atom. The van der Waals surface area contributed by atoms with Crippen molar-refractivity contribution in [2.45, 2.75) is 59.3 Å². The number of hydrogen-bond donors (Lipinski definition) is 0. The van der Waals surface area contributed by atoms with Crippen molar-refractivity contribution in [1.82, 2.24) is 0 Å². The molecular weight excluding hydrogens is 483 g/mol. The summed E-state index contributed by atoms with van der Waals surface area (Å²) >= 11 is 0. The third-order valence-electron chi connectivity index (χ3n) is 4.15. The number of benzene rings is 1. The van der Waals surface area contributed by atoms with Crippen LogP contribution >= 0.6 is 0 Å². The zero-order chi connectivity index (χ0) is 16.1. The van der Waals surface area contributed by atoms with E-state index in [-0.39, 0.29) is 48.1 Å². The summed E-state index contributed by atoms with van der Waals surface area (Å²) in [7, 11) is 1.88. The SMILES string of the molecule is CN=C1CCCC=C1[N-]c1c(CC(C)C)cccc1C(C)C.[CH3-].[CH3-].[CH3-].[Hf+4]. The van der Waals surface area contributed by atoms with Gasteiger partial charge in [0, 0.05) is 12.8 Å². The first-order chi connectivity index (χ1) is 10.5. The number of rotatable bonds is 5. The number of nitrogens with zero attached hydrogens (tertiary/aromatic N) is 2. The van der Waals surface area contributed by atoms with Crippen LogP contribution in [0.3, 0.4) is 0 Å². The van der Waals surface area contributed by atoms with E-state index in [9.17, 15) is 0 Å².